The van der Waals surface area contributed by atoms with Gasteiger partial charge < -0.3 is 9.22 Å². The Morgan fingerprint density at radius 1 is 1.40 bits per heavy atom. The Bertz CT molecular complexity index is 85.7. The predicted octanol–water partition coefficient (Wildman–Crippen LogP) is 1.03. The van der Waals surface area contributed by atoms with Crippen LogP contribution in [0.25, 0.3) is 0 Å². The van der Waals surface area contributed by atoms with Gasteiger partial charge in [-0.2, -0.15) is 4.39 Å². The number of hydrogen-bond acceptors (Lipinski definition) is 1. The summed E-state index contributed by atoms with van der Waals surface area (Å²) < 4.78 is 17.4. The molecule has 0 aliphatic rings. The average molecular weight is 150 g/mol. The molecule has 10 heavy (non-hydrogen) atoms. The lowest BCUT2D eigenvalue weighted by molar-refractivity contribution is -0.902. The Hall–Kier alpha value is -0.150. The molecule has 0 unspecified atom stereocenters. The van der Waals surface area contributed by atoms with Crippen molar-refractivity contribution in [3.63, 3.8) is 0 Å². The lowest BCUT2D eigenvalue weighted by Crippen LogP contribution is -2.39. The SMILES string of the molecule is COCCC[N+](C)(C)CF. The second-order valence-electron chi connectivity index (χ2n) is 3.13. The summed E-state index contributed by atoms with van der Waals surface area (Å²) in [6.45, 7) is 1.26. The molecule has 2 nitrogen and oxygen atoms in total. The number of halogens is 1. The quantitative estimate of drug-likeness (QED) is 0.323. The van der Waals surface area contributed by atoms with Gasteiger partial charge in [0.2, 0.25) is 6.80 Å². The molecule has 0 radical (unpaired) electrons. The number of methoxy groups -OCH3 is 1. The van der Waals surface area contributed by atoms with E-state index >= 15 is 0 Å². The molecule has 0 saturated heterocycles. The minimum atomic E-state index is -0.302. The van der Waals surface area contributed by atoms with Gasteiger partial charge >= 0.3 is 0 Å². The first kappa shape index (κ1) is 9.85. The molecule has 0 aliphatic carbocycles. The highest BCUT2D eigenvalue weighted by atomic mass is 19.1. The van der Waals surface area contributed by atoms with E-state index in [1.165, 1.54) is 0 Å². The van der Waals surface area contributed by atoms with E-state index in [9.17, 15) is 4.39 Å². The van der Waals surface area contributed by atoms with Crippen molar-refractivity contribution in [2.45, 2.75) is 6.42 Å². The molecular weight excluding hydrogens is 133 g/mol. The summed E-state index contributed by atoms with van der Waals surface area (Å²) in [6.07, 6.45) is 0.924. The fourth-order valence-electron chi connectivity index (χ4n) is 0.697. The van der Waals surface area contributed by atoms with Crippen LogP contribution in [0.5, 0.6) is 0 Å². The van der Waals surface area contributed by atoms with Crippen LogP contribution in [0.2, 0.25) is 0 Å². The van der Waals surface area contributed by atoms with E-state index in [1.807, 2.05) is 14.1 Å². The standard InChI is InChI=1S/C7H17FNO/c1-9(2,7-8)5-4-6-10-3/h4-7H2,1-3H3/q+1. The van der Waals surface area contributed by atoms with Crippen molar-refractivity contribution in [1.82, 2.24) is 0 Å². The highest BCUT2D eigenvalue weighted by Crippen LogP contribution is 1.98. The van der Waals surface area contributed by atoms with Crippen LogP contribution < -0.4 is 0 Å². The molecule has 0 aliphatic heterocycles. The molecule has 0 bridgehead atoms. The maximum Gasteiger partial charge on any atom is 0.221 e. The molecule has 0 fully saturated rings. The third-order valence-corrected chi connectivity index (χ3v) is 1.44. The molecule has 3 heteroatoms. The Labute approximate surface area is 62.2 Å². The minimum absolute atomic E-state index is 0.302. The summed E-state index contributed by atoms with van der Waals surface area (Å²) in [4.78, 5) is 0. The van der Waals surface area contributed by atoms with E-state index in [1.54, 1.807) is 7.11 Å². The van der Waals surface area contributed by atoms with Gasteiger partial charge in [-0.3, -0.25) is 0 Å². The molecule has 0 N–H and O–H groups in total. The van der Waals surface area contributed by atoms with E-state index in [-0.39, 0.29) is 6.80 Å². The Balaban J connectivity index is 3.28. The van der Waals surface area contributed by atoms with Crippen molar-refractivity contribution in [1.29, 1.82) is 0 Å². The molecule has 0 rings (SSSR count). The third-order valence-electron chi connectivity index (χ3n) is 1.44. The Kier molecular flexibility index (Phi) is 4.56. The van der Waals surface area contributed by atoms with Crippen molar-refractivity contribution in [3.8, 4) is 0 Å². The van der Waals surface area contributed by atoms with Crippen molar-refractivity contribution >= 4 is 0 Å². The molecule has 0 spiro atoms. The lowest BCUT2D eigenvalue weighted by Gasteiger charge is -2.25. The highest BCUT2D eigenvalue weighted by molar-refractivity contribution is 4.32. The first-order valence-corrected chi connectivity index (χ1v) is 3.49. The smallest absolute Gasteiger partial charge is 0.221 e. The second-order valence-corrected chi connectivity index (χ2v) is 3.13. The molecule has 0 atom stereocenters. The van der Waals surface area contributed by atoms with Crippen LogP contribution in [-0.4, -0.2) is 45.6 Å². The van der Waals surface area contributed by atoms with Gasteiger partial charge in [0.05, 0.1) is 27.2 Å². The van der Waals surface area contributed by atoms with Crippen molar-refractivity contribution in [2.24, 2.45) is 0 Å². The van der Waals surface area contributed by atoms with Gasteiger partial charge in [0.15, 0.2) is 0 Å². The summed E-state index contributed by atoms with van der Waals surface area (Å²) in [6, 6.07) is 0. The van der Waals surface area contributed by atoms with Gasteiger partial charge in [0.25, 0.3) is 0 Å². The highest BCUT2D eigenvalue weighted by Gasteiger charge is 2.12. The average Bonchev–Trinajstić information content (AvgIpc) is 1.89. The minimum Gasteiger partial charge on any atom is -0.384 e. The Morgan fingerprint density at radius 2 is 2.00 bits per heavy atom. The van der Waals surface area contributed by atoms with Crippen LogP contribution >= 0.6 is 0 Å². The van der Waals surface area contributed by atoms with Crippen molar-refractivity contribution < 1.29 is 13.6 Å². The van der Waals surface area contributed by atoms with E-state index in [2.05, 4.69) is 0 Å². The molecule has 62 valence electrons. The largest absolute Gasteiger partial charge is 0.384 e. The van der Waals surface area contributed by atoms with E-state index in [0.717, 1.165) is 19.6 Å². The number of hydrogen-bond donors (Lipinski definition) is 0. The topological polar surface area (TPSA) is 9.23 Å². The third kappa shape index (κ3) is 4.70. The first-order chi connectivity index (χ1) is 4.62. The summed E-state index contributed by atoms with van der Waals surface area (Å²) >= 11 is 0. The van der Waals surface area contributed by atoms with Crippen molar-refractivity contribution in [3.05, 3.63) is 0 Å². The Morgan fingerprint density at radius 3 is 2.40 bits per heavy atom. The van der Waals surface area contributed by atoms with E-state index in [0.29, 0.717) is 4.48 Å². The molecule has 0 heterocycles. The number of rotatable bonds is 5. The second kappa shape index (κ2) is 4.63. The van der Waals surface area contributed by atoms with Gasteiger partial charge in [-0.1, -0.05) is 0 Å². The summed E-state index contributed by atoms with van der Waals surface area (Å²) in [5, 5.41) is 0. The monoisotopic (exact) mass is 150 g/mol. The van der Waals surface area contributed by atoms with Gasteiger partial charge in [-0.15, -0.1) is 0 Å². The number of nitrogens with zero attached hydrogens (tertiary/aromatic N) is 1. The maximum atomic E-state index is 12.1. The van der Waals surface area contributed by atoms with Crippen LogP contribution in [0.1, 0.15) is 6.42 Å². The number of ether oxygens (including phenoxy) is 1. The number of alkyl halides is 1. The fourth-order valence-corrected chi connectivity index (χ4v) is 0.697. The van der Waals surface area contributed by atoms with Gasteiger partial charge in [0.1, 0.15) is 0 Å². The summed E-state index contributed by atoms with van der Waals surface area (Å²) in [5.41, 5.74) is 0. The van der Waals surface area contributed by atoms with Crippen LogP contribution in [0.15, 0.2) is 0 Å². The van der Waals surface area contributed by atoms with Gasteiger partial charge in [-0.05, 0) is 0 Å². The molecular formula is C7H17FNO+. The van der Waals surface area contributed by atoms with E-state index < -0.39 is 0 Å². The zero-order valence-electron chi connectivity index (χ0n) is 7.06. The maximum absolute atomic E-state index is 12.1. The molecule has 0 aromatic rings. The van der Waals surface area contributed by atoms with Crippen LogP contribution in [0, 0.1) is 0 Å². The molecule has 0 aromatic carbocycles. The van der Waals surface area contributed by atoms with Crippen LogP contribution in [0.4, 0.5) is 4.39 Å². The zero-order chi connectivity index (χ0) is 8.04. The fraction of sp³-hybridized carbons (Fsp3) is 1.00. The van der Waals surface area contributed by atoms with Crippen LogP contribution in [0.3, 0.4) is 0 Å². The first-order valence-electron chi connectivity index (χ1n) is 3.49. The zero-order valence-corrected chi connectivity index (χ0v) is 7.06. The molecule has 0 saturated carbocycles. The van der Waals surface area contributed by atoms with Crippen LogP contribution in [-0.2, 0) is 4.74 Å². The van der Waals surface area contributed by atoms with Gasteiger partial charge in [-0.25, -0.2) is 0 Å². The normalized spacial score (nSPS) is 12.0. The molecule has 0 aromatic heterocycles. The number of quaternary nitrogens is 1. The molecule has 0 amide bonds. The lowest BCUT2D eigenvalue weighted by atomic mass is 10.4. The van der Waals surface area contributed by atoms with E-state index in [4.69, 9.17) is 4.74 Å². The summed E-state index contributed by atoms with van der Waals surface area (Å²) in [5.74, 6) is 0. The van der Waals surface area contributed by atoms with Gasteiger partial charge in [0, 0.05) is 13.5 Å². The summed E-state index contributed by atoms with van der Waals surface area (Å²) in [7, 11) is 5.40. The van der Waals surface area contributed by atoms with Crippen molar-refractivity contribution in [2.75, 3.05) is 41.2 Å². The predicted molar refractivity (Wildman–Crippen MR) is 39.4 cm³/mol.